The van der Waals surface area contributed by atoms with Crippen molar-refractivity contribution in [2.24, 2.45) is 4.99 Å². The second kappa shape index (κ2) is 13.5. The van der Waals surface area contributed by atoms with Crippen molar-refractivity contribution in [3.05, 3.63) is 89.7 Å². The second-order valence-electron chi connectivity index (χ2n) is 10.1. The van der Waals surface area contributed by atoms with E-state index in [4.69, 9.17) is 4.84 Å². The minimum atomic E-state index is -4.77. The van der Waals surface area contributed by atoms with Gasteiger partial charge in [-0.1, -0.05) is 61.5 Å². The molecule has 2 heterocycles. The molecule has 45 heavy (non-hydrogen) atoms. The van der Waals surface area contributed by atoms with Crippen LogP contribution in [0.1, 0.15) is 43.1 Å². The lowest BCUT2D eigenvalue weighted by Gasteiger charge is -2.20. The second-order valence-corrected chi connectivity index (χ2v) is 11.1. The van der Waals surface area contributed by atoms with Crippen LogP contribution in [0.5, 0.6) is 5.75 Å². The monoisotopic (exact) mass is 638 g/mol. The summed E-state index contributed by atoms with van der Waals surface area (Å²) in [6, 6.07) is 17.6. The number of hydrogen-bond donors (Lipinski definition) is 1. The van der Waals surface area contributed by atoms with Gasteiger partial charge in [-0.15, -0.1) is 18.3 Å². The van der Waals surface area contributed by atoms with E-state index in [-0.39, 0.29) is 17.4 Å². The molecule has 14 heteroatoms. The van der Waals surface area contributed by atoms with Gasteiger partial charge in [0.15, 0.2) is 11.0 Å². The molecule has 234 valence electrons. The summed E-state index contributed by atoms with van der Waals surface area (Å²) in [7, 11) is 0. The van der Waals surface area contributed by atoms with Gasteiger partial charge in [-0.05, 0) is 67.3 Å². The Morgan fingerprint density at radius 2 is 1.84 bits per heavy atom. The Bertz CT molecular complexity index is 1710. The van der Waals surface area contributed by atoms with Gasteiger partial charge in [0.05, 0.1) is 17.1 Å². The summed E-state index contributed by atoms with van der Waals surface area (Å²) in [5.41, 5.74) is 7.05. The van der Waals surface area contributed by atoms with E-state index in [0.717, 1.165) is 35.2 Å². The molecule has 1 aliphatic rings. The van der Waals surface area contributed by atoms with Crippen molar-refractivity contribution in [3.63, 3.8) is 0 Å². The largest absolute Gasteiger partial charge is 0.573 e. The van der Waals surface area contributed by atoms with Crippen LogP contribution in [-0.2, 0) is 16.1 Å². The average Bonchev–Trinajstić information content (AvgIpc) is 3.64. The van der Waals surface area contributed by atoms with Crippen LogP contribution in [0.15, 0.2) is 78.0 Å². The summed E-state index contributed by atoms with van der Waals surface area (Å²) in [5, 5.41) is 4.69. The number of rotatable bonds is 9. The number of aryl methyl sites for hydroxylation is 2. The Labute approximate surface area is 261 Å². The number of anilines is 1. The molecule has 1 unspecified atom stereocenters. The lowest BCUT2D eigenvalue weighted by molar-refractivity contribution is -0.274. The number of halogens is 3. The number of alkyl halides is 3. The van der Waals surface area contributed by atoms with E-state index >= 15 is 0 Å². The topological polar surface area (TPSA) is 111 Å². The van der Waals surface area contributed by atoms with Crippen LogP contribution < -0.4 is 15.1 Å². The molecular formula is C31H29F3N6O4S. The third kappa shape index (κ3) is 7.88. The number of nitrogens with one attached hydrogen (secondary N) is 1. The van der Waals surface area contributed by atoms with Gasteiger partial charge < -0.3 is 4.74 Å². The molecule has 1 saturated heterocycles. The van der Waals surface area contributed by atoms with Gasteiger partial charge in [0.2, 0.25) is 5.91 Å². The Morgan fingerprint density at radius 3 is 2.53 bits per heavy atom. The van der Waals surface area contributed by atoms with E-state index in [0.29, 0.717) is 22.2 Å². The number of aromatic nitrogens is 3. The lowest BCUT2D eigenvalue weighted by atomic mass is 10.0. The number of urea groups is 1. The molecular weight excluding hydrogens is 609 g/mol. The number of carbonyl (C=O) groups is 2. The number of aliphatic imine (C=N–C) groups is 1. The minimum absolute atomic E-state index is 0.142. The molecule has 1 aliphatic heterocycles. The zero-order valence-corrected chi connectivity index (χ0v) is 25.4. The van der Waals surface area contributed by atoms with Crippen LogP contribution in [0.3, 0.4) is 0 Å². The number of nitrogens with zero attached hydrogens (tertiary/aromatic N) is 5. The highest BCUT2D eigenvalue weighted by molar-refractivity contribution is 8.15. The number of benzene rings is 3. The lowest BCUT2D eigenvalue weighted by Crippen LogP contribution is -2.32. The average molecular weight is 639 g/mol. The van der Waals surface area contributed by atoms with Gasteiger partial charge in [-0.3, -0.25) is 14.5 Å². The third-order valence-corrected chi connectivity index (χ3v) is 7.68. The maximum absolute atomic E-state index is 12.8. The quantitative estimate of drug-likeness (QED) is 0.198. The Morgan fingerprint density at radius 1 is 1.11 bits per heavy atom. The predicted molar refractivity (Wildman–Crippen MR) is 164 cm³/mol. The Kier molecular flexibility index (Phi) is 9.54. The van der Waals surface area contributed by atoms with Crippen molar-refractivity contribution in [2.45, 2.75) is 46.1 Å². The summed E-state index contributed by atoms with van der Waals surface area (Å²) in [4.78, 5) is 40.9. The van der Waals surface area contributed by atoms with Crippen molar-refractivity contribution >= 4 is 34.6 Å². The molecule has 1 N–H and O–H groups in total. The van der Waals surface area contributed by atoms with E-state index in [1.807, 2.05) is 25.1 Å². The summed E-state index contributed by atoms with van der Waals surface area (Å²) in [5.74, 6) is 0.112. The highest BCUT2D eigenvalue weighted by Gasteiger charge is 2.32. The standard InChI is InChI=1S/C31H29F3N6O4S/c1-4-5-22-7-6-19(2)16-26(22)40-27(41)17-45-30(40)36-29(42)38-44-20(3)21-8-10-23(11-9-21)28-35-18-39(37-28)24-12-14-25(15-13-24)43-31(32,33)34/h6-16,18,20H,4-5,17H2,1-3H3,(H,38,42). The van der Waals surface area contributed by atoms with Crippen LogP contribution in [0.25, 0.3) is 17.1 Å². The molecule has 0 radical (unpaired) electrons. The molecule has 5 rings (SSSR count). The van der Waals surface area contributed by atoms with Crippen molar-refractivity contribution in [2.75, 3.05) is 10.7 Å². The minimum Gasteiger partial charge on any atom is -0.406 e. The van der Waals surface area contributed by atoms with E-state index in [1.54, 1.807) is 31.2 Å². The van der Waals surface area contributed by atoms with Crippen LogP contribution >= 0.6 is 11.8 Å². The molecule has 0 aliphatic carbocycles. The number of ether oxygens (including phenoxy) is 1. The van der Waals surface area contributed by atoms with E-state index < -0.39 is 18.5 Å². The fraction of sp³-hybridized carbons (Fsp3) is 0.258. The molecule has 1 aromatic heterocycles. The number of carbonyl (C=O) groups excluding carboxylic acids is 2. The highest BCUT2D eigenvalue weighted by atomic mass is 32.2. The molecule has 0 bridgehead atoms. The molecule has 3 aromatic carbocycles. The number of amidine groups is 1. The molecule has 10 nitrogen and oxygen atoms in total. The molecule has 1 fully saturated rings. The predicted octanol–water partition coefficient (Wildman–Crippen LogP) is 6.93. The molecule has 1 atom stereocenters. The first-order chi connectivity index (χ1) is 21.5. The van der Waals surface area contributed by atoms with Crippen molar-refractivity contribution in [3.8, 4) is 22.8 Å². The van der Waals surface area contributed by atoms with Gasteiger partial charge in [0, 0.05) is 5.56 Å². The number of thioether (sulfide) groups is 1. The van der Waals surface area contributed by atoms with E-state index in [9.17, 15) is 22.8 Å². The van der Waals surface area contributed by atoms with Crippen LogP contribution in [-0.4, -0.2) is 44.0 Å². The summed E-state index contributed by atoms with van der Waals surface area (Å²) >= 11 is 1.20. The normalized spacial score (nSPS) is 15.0. The number of hydrogen-bond acceptors (Lipinski definition) is 7. The van der Waals surface area contributed by atoms with Gasteiger partial charge in [0.25, 0.3) is 0 Å². The fourth-order valence-corrected chi connectivity index (χ4v) is 5.44. The summed E-state index contributed by atoms with van der Waals surface area (Å²) in [6.07, 6.45) is -2.15. The molecule has 0 saturated carbocycles. The van der Waals surface area contributed by atoms with Crippen LogP contribution in [0.2, 0.25) is 0 Å². The molecule has 3 amide bonds. The zero-order valence-electron chi connectivity index (χ0n) is 24.5. The molecule has 4 aromatic rings. The van der Waals surface area contributed by atoms with E-state index in [1.165, 1.54) is 51.9 Å². The SMILES string of the molecule is CCCc1ccc(C)cc1N1C(=O)CSC1=NC(=O)NOC(C)c1ccc(-c2ncn(-c3ccc(OC(F)(F)F)cc3)n2)cc1. The fourth-order valence-electron chi connectivity index (χ4n) is 4.58. The molecule has 0 spiro atoms. The number of hydroxylamine groups is 1. The first kappa shape index (κ1) is 31.7. The maximum Gasteiger partial charge on any atom is 0.573 e. The van der Waals surface area contributed by atoms with E-state index in [2.05, 4.69) is 32.2 Å². The summed E-state index contributed by atoms with van der Waals surface area (Å²) < 4.78 is 42.6. The highest BCUT2D eigenvalue weighted by Crippen LogP contribution is 2.31. The zero-order chi connectivity index (χ0) is 32.1. The first-order valence-electron chi connectivity index (χ1n) is 14.0. The van der Waals surface area contributed by atoms with Gasteiger partial charge in [-0.25, -0.2) is 19.9 Å². The smallest absolute Gasteiger partial charge is 0.406 e. The van der Waals surface area contributed by atoms with Gasteiger partial charge in [0.1, 0.15) is 18.2 Å². The van der Waals surface area contributed by atoms with Gasteiger partial charge in [-0.2, -0.15) is 4.99 Å². The van der Waals surface area contributed by atoms with Crippen molar-refractivity contribution < 1.29 is 32.3 Å². The summed E-state index contributed by atoms with van der Waals surface area (Å²) in [6.45, 7) is 5.77. The Balaban J connectivity index is 1.20. The van der Waals surface area contributed by atoms with Crippen molar-refractivity contribution in [1.82, 2.24) is 20.2 Å². The maximum atomic E-state index is 12.8. The van der Waals surface area contributed by atoms with Crippen molar-refractivity contribution in [1.29, 1.82) is 0 Å². The Hall–Kier alpha value is -4.69. The van der Waals surface area contributed by atoms with Crippen LogP contribution in [0, 0.1) is 6.92 Å². The first-order valence-corrected chi connectivity index (χ1v) is 15.0. The number of amides is 3. The van der Waals surface area contributed by atoms with Crippen LogP contribution in [0.4, 0.5) is 23.7 Å². The van der Waals surface area contributed by atoms with Gasteiger partial charge >= 0.3 is 12.4 Å². The third-order valence-electron chi connectivity index (χ3n) is 6.75.